The van der Waals surface area contributed by atoms with E-state index in [1.165, 1.54) is 7.11 Å². The number of hydrogen-bond acceptors (Lipinski definition) is 3. The Labute approximate surface area is 80.6 Å². The number of esters is 1. The third kappa shape index (κ3) is 5.64. The Hall–Kier alpha value is -0.570. The first-order valence-corrected chi connectivity index (χ1v) is 4.70. The Morgan fingerprint density at radius 1 is 1.46 bits per heavy atom. The van der Waals surface area contributed by atoms with Crippen LogP contribution in [0.1, 0.15) is 40.0 Å². The first-order valence-electron chi connectivity index (χ1n) is 4.70. The van der Waals surface area contributed by atoms with E-state index in [-0.39, 0.29) is 17.4 Å². The van der Waals surface area contributed by atoms with Crippen molar-refractivity contribution in [3.8, 4) is 0 Å². The molecule has 0 aliphatic heterocycles. The van der Waals surface area contributed by atoms with Crippen molar-refractivity contribution in [1.29, 1.82) is 0 Å². The van der Waals surface area contributed by atoms with Crippen molar-refractivity contribution < 1.29 is 9.53 Å². The fraction of sp³-hybridized carbons (Fsp3) is 0.900. The van der Waals surface area contributed by atoms with Crippen molar-refractivity contribution in [2.24, 2.45) is 11.1 Å². The molecule has 13 heavy (non-hydrogen) atoms. The predicted octanol–water partition coefficient (Wildman–Crippen LogP) is 1.70. The van der Waals surface area contributed by atoms with E-state index in [0.29, 0.717) is 6.42 Å². The summed E-state index contributed by atoms with van der Waals surface area (Å²) in [6.45, 7) is 6.32. The van der Waals surface area contributed by atoms with E-state index in [2.05, 4.69) is 25.5 Å². The Kier molecular flexibility index (Phi) is 4.99. The molecule has 0 aromatic rings. The maximum atomic E-state index is 10.8. The number of rotatable bonds is 4. The van der Waals surface area contributed by atoms with Crippen molar-refractivity contribution in [2.75, 3.05) is 7.11 Å². The molecule has 0 spiro atoms. The maximum Gasteiger partial charge on any atom is 0.305 e. The van der Waals surface area contributed by atoms with E-state index in [1.807, 2.05) is 0 Å². The van der Waals surface area contributed by atoms with Gasteiger partial charge in [0.2, 0.25) is 0 Å². The molecule has 0 rings (SSSR count). The Bertz CT molecular complexity index is 161. The van der Waals surface area contributed by atoms with Crippen molar-refractivity contribution in [2.45, 2.75) is 46.1 Å². The van der Waals surface area contributed by atoms with Gasteiger partial charge in [0.15, 0.2) is 0 Å². The number of hydrogen-bond donors (Lipinski definition) is 1. The number of carbonyl (C=O) groups excluding carboxylic acids is 1. The predicted molar refractivity (Wildman–Crippen MR) is 53.3 cm³/mol. The van der Waals surface area contributed by atoms with Crippen LogP contribution in [0.2, 0.25) is 0 Å². The van der Waals surface area contributed by atoms with Crippen LogP contribution in [-0.2, 0) is 9.53 Å². The summed E-state index contributed by atoms with van der Waals surface area (Å²) in [5.41, 5.74) is 6.05. The maximum absolute atomic E-state index is 10.8. The summed E-state index contributed by atoms with van der Waals surface area (Å²) in [6, 6.07) is 0.150. The van der Waals surface area contributed by atoms with Gasteiger partial charge in [-0.1, -0.05) is 20.8 Å². The first-order chi connectivity index (χ1) is 5.88. The zero-order valence-electron chi connectivity index (χ0n) is 9.09. The second-order valence-corrected chi connectivity index (χ2v) is 4.44. The SMILES string of the molecule is COC(=O)CCCC(N)C(C)(C)C. The second kappa shape index (κ2) is 5.22. The van der Waals surface area contributed by atoms with Gasteiger partial charge >= 0.3 is 5.97 Å². The van der Waals surface area contributed by atoms with Crippen LogP contribution in [0.3, 0.4) is 0 Å². The highest BCUT2D eigenvalue weighted by Gasteiger charge is 2.20. The minimum Gasteiger partial charge on any atom is -0.469 e. The van der Waals surface area contributed by atoms with Gasteiger partial charge < -0.3 is 10.5 Å². The molecular formula is C10H21NO2. The van der Waals surface area contributed by atoms with Gasteiger partial charge in [0, 0.05) is 12.5 Å². The highest BCUT2D eigenvalue weighted by molar-refractivity contribution is 5.68. The van der Waals surface area contributed by atoms with Crippen LogP contribution >= 0.6 is 0 Å². The molecule has 0 saturated carbocycles. The highest BCUT2D eigenvalue weighted by Crippen LogP contribution is 2.21. The summed E-state index contributed by atoms with van der Waals surface area (Å²) in [6.07, 6.45) is 2.16. The van der Waals surface area contributed by atoms with Crippen LogP contribution in [0.5, 0.6) is 0 Å². The van der Waals surface area contributed by atoms with Crippen LogP contribution in [0, 0.1) is 5.41 Å². The number of methoxy groups -OCH3 is 1. The molecule has 1 atom stereocenters. The molecule has 0 amide bonds. The fourth-order valence-corrected chi connectivity index (χ4v) is 1.00. The second-order valence-electron chi connectivity index (χ2n) is 4.44. The molecule has 0 aliphatic carbocycles. The lowest BCUT2D eigenvalue weighted by Crippen LogP contribution is -2.34. The van der Waals surface area contributed by atoms with E-state index >= 15 is 0 Å². The minimum absolute atomic E-state index is 0.121. The van der Waals surface area contributed by atoms with Gasteiger partial charge in [0.1, 0.15) is 0 Å². The Morgan fingerprint density at radius 3 is 2.38 bits per heavy atom. The summed E-state index contributed by atoms with van der Waals surface area (Å²) in [5.74, 6) is -0.152. The van der Waals surface area contributed by atoms with E-state index < -0.39 is 0 Å². The average Bonchev–Trinajstić information content (AvgIpc) is 2.02. The van der Waals surface area contributed by atoms with Crippen LogP contribution in [0.4, 0.5) is 0 Å². The van der Waals surface area contributed by atoms with Gasteiger partial charge in [-0.15, -0.1) is 0 Å². The number of ether oxygens (including phenoxy) is 1. The van der Waals surface area contributed by atoms with Crippen LogP contribution in [-0.4, -0.2) is 19.1 Å². The van der Waals surface area contributed by atoms with Gasteiger partial charge in [0.25, 0.3) is 0 Å². The first kappa shape index (κ1) is 12.4. The third-order valence-corrected chi connectivity index (χ3v) is 2.24. The molecule has 0 fully saturated rings. The molecule has 3 nitrogen and oxygen atoms in total. The van der Waals surface area contributed by atoms with Gasteiger partial charge in [-0.3, -0.25) is 4.79 Å². The van der Waals surface area contributed by atoms with Crippen molar-refractivity contribution in [3.05, 3.63) is 0 Å². The van der Waals surface area contributed by atoms with Gasteiger partial charge in [0.05, 0.1) is 7.11 Å². The lowest BCUT2D eigenvalue weighted by atomic mass is 9.84. The Balaban J connectivity index is 3.60. The lowest BCUT2D eigenvalue weighted by molar-refractivity contribution is -0.140. The van der Waals surface area contributed by atoms with Gasteiger partial charge in [-0.05, 0) is 18.3 Å². The molecular weight excluding hydrogens is 166 g/mol. The molecule has 1 unspecified atom stereocenters. The molecule has 3 heteroatoms. The van der Waals surface area contributed by atoms with Gasteiger partial charge in [-0.2, -0.15) is 0 Å². The van der Waals surface area contributed by atoms with E-state index in [9.17, 15) is 4.79 Å². The molecule has 2 N–H and O–H groups in total. The molecule has 0 heterocycles. The van der Waals surface area contributed by atoms with E-state index in [4.69, 9.17) is 5.73 Å². The number of carbonyl (C=O) groups is 1. The molecule has 0 radical (unpaired) electrons. The summed E-state index contributed by atoms with van der Waals surface area (Å²) in [4.78, 5) is 10.8. The smallest absolute Gasteiger partial charge is 0.305 e. The van der Waals surface area contributed by atoms with Crippen molar-refractivity contribution in [1.82, 2.24) is 0 Å². The summed E-state index contributed by atoms with van der Waals surface area (Å²) >= 11 is 0. The standard InChI is InChI=1S/C10H21NO2/c1-10(2,3)8(11)6-5-7-9(12)13-4/h8H,5-7,11H2,1-4H3. The zero-order chi connectivity index (χ0) is 10.5. The van der Waals surface area contributed by atoms with E-state index in [1.54, 1.807) is 0 Å². The molecule has 0 aromatic carbocycles. The van der Waals surface area contributed by atoms with E-state index in [0.717, 1.165) is 12.8 Å². The quantitative estimate of drug-likeness (QED) is 0.681. The topological polar surface area (TPSA) is 52.3 Å². The Morgan fingerprint density at radius 2 is 2.00 bits per heavy atom. The minimum atomic E-state index is -0.152. The van der Waals surface area contributed by atoms with Crippen LogP contribution < -0.4 is 5.73 Å². The monoisotopic (exact) mass is 187 g/mol. The average molecular weight is 187 g/mol. The lowest BCUT2D eigenvalue weighted by Gasteiger charge is -2.26. The largest absolute Gasteiger partial charge is 0.469 e. The molecule has 0 aromatic heterocycles. The fourth-order valence-electron chi connectivity index (χ4n) is 1.00. The summed E-state index contributed by atoms with van der Waals surface area (Å²) in [5, 5.41) is 0. The number of nitrogens with two attached hydrogens (primary N) is 1. The zero-order valence-corrected chi connectivity index (χ0v) is 9.09. The van der Waals surface area contributed by atoms with Crippen LogP contribution in [0.25, 0.3) is 0 Å². The summed E-state index contributed by atoms with van der Waals surface area (Å²) in [7, 11) is 1.41. The summed E-state index contributed by atoms with van der Waals surface area (Å²) < 4.78 is 4.54. The highest BCUT2D eigenvalue weighted by atomic mass is 16.5. The van der Waals surface area contributed by atoms with Crippen LogP contribution in [0.15, 0.2) is 0 Å². The van der Waals surface area contributed by atoms with Crippen molar-refractivity contribution in [3.63, 3.8) is 0 Å². The molecule has 0 saturated heterocycles. The molecule has 0 bridgehead atoms. The molecule has 78 valence electrons. The molecule has 0 aliphatic rings. The normalized spacial score (nSPS) is 13.9. The van der Waals surface area contributed by atoms with Gasteiger partial charge in [-0.25, -0.2) is 0 Å². The van der Waals surface area contributed by atoms with Crippen molar-refractivity contribution >= 4 is 5.97 Å². The third-order valence-electron chi connectivity index (χ3n) is 2.24.